The molecular weight excluding hydrogens is 528 g/mol. The van der Waals surface area contributed by atoms with Crippen LogP contribution in [0.4, 0.5) is 5.69 Å². The molecule has 5 rings (SSSR count). The summed E-state index contributed by atoms with van der Waals surface area (Å²) in [5.41, 5.74) is 2.87. The molecule has 0 bridgehead atoms. The number of fused-ring (bicyclic) bond motifs is 1. The van der Waals surface area contributed by atoms with Gasteiger partial charge in [-0.25, -0.2) is 18.1 Å². The Labute approximate surface area is 235 Å². The summed E-state index contributed by atoms with van der Waals surface area (Å²) in [4.78, 5) is 22.0. The first-order valence-electron chi connectivity index (χ1n) is 13.6. The molecule has 0 spiro atoms. The van der Waals surface area contributed by atoms with Crippen molar-refractivity contribution in [1.29, 1.82) is 0 Å². The van der Waals surface area contributed by atoms with Gasteiger partial charge in [0.15, 0.2) is 0 Å². The topological polar surface area (TPSA) is 112 Å². The van der Waals surface area contributed by atoms with Gasteiger partial charge in [0.1, 0.15) is 11.7 Å². The van der Waals surface area contributed by atoms with Crippen LogP contribution in [-0.4, -0.2) is 67.2 Å². The van der Waals surface area contributed by atoms with Crippen LogP contribution in [0.2, 0.25) is 0 Å². The Morgan fingerprint density at radius 1 is 1.07 bits per heavy atom. The van der Waals surface area contributed by atoms with Gasteiger partial charge in [-0.1, -0.05) is 36.8 Å². The SMILES string of the molecule is CCc1ccc(S(=O)(=O)N[C@@H]2c3cc(C(=O)N4CCN(c5ccc(C)cc5)CC4)cnc3OC(C)(C)[C@H]2O)cc1. The van der Waals surface area contributed by atoms with E-state index in [-0.39, 0.29) is 16.7 Å². The fraction of sp³-hybridized carbons (Fsp3) is 0.400. The smallest absolute Gasteiger partial charge is 0.255 e. The van der Waals surface area contributed by atoms with Gasteiger partial charge in [0.25, 0.3) is 5.91 Å². The van der Waals surface area contributed by atoms with E-state index >= 15 is 0 Å². The van der Waals surface area contributed by atoms with Crippen LogP contribution >= 0.6 is 0 Å². The van der Waals surface area contributed by atoms with Crippen LogP contribution in [0.5, 0.6) is 5.88 Å². The summed E-state index contributed by atoms with van der Waals surface area (Å²) in [6.45, 7) is 9.87. The van der Waals surface area contributed by atoms with E-state index in [1.165, 1.54) is 11.8 Å². The van der Waals surface area contributed by atoms with E-state index in [1.807, 2.05) is 6.92 Å². The molecule has 1 amide bonds. The van der Waals surface area contributed by atoms with Crippen LogP contribution in [0.1, 0.15) is 53.9 Å². The number of nitrogens with one attached hydrogen (secondary N) is 1. The standard InChI is InChI=1S/C30H36N4O5S/c1-5-21-8-12-24(13-9-21)40(37,38)32-26-25-18-22(19-31-28(25)39-30(3,4)27(26)35)29(36)34-16-14-33(15-17-34)23-10-6-20(2)7-11-23/h6-13,18-19,26-27,32,35H,5,14-17H2,1-4H3/t26-,27+/m1/s1. The first kappa shape index (κ1) is 28.1. The lowest BCUT2D eigenvalue weighted by molar-refractivity contribution is -0.0632. The highest BCUT2D eigenvalue weighted by atomic mass is 32.2. The molecule has 1 aromatic heterocycles. The Morgan fingerprint density at radius 3 is 2.35 bits per heavy atom. The number of benzene rings is 2. The van der Waals surface area contributed by atoms with Crippen molar-refractivity contribution in [3.8, 4) is 5.88 Å². The van der Waals surface area contributed by atoms with E-state index in [9.17, 15) is 18.3 Å². The molecule has 0 unspecified atom stereocenters. The van der Waals surface area contributed by atoms with E-state index in [2.05, 4.69) is 45.8 Å². The normalized spacial score (nSPS) is 20.5. The minimum absolute atomic E-state index is 0.0920. The molecule has 0 aliphatic carbocycles. The number of anilines is 1. The van der Waals surface area contributed by atoms with Crippen LogP contribution in [0.3, 0.4) is 0 Å². The molecule has 2 aromatic carbocycles. The number of aromatic nitrogens is 1. The molecule has 3 aromatic rings. The summed E-state index contributed by atoms with van der Waals surface area (Å²) in [6, 6.07) is 15.5. The largest absolute Gasteiger partial charge is 0.469 e. The lowest BCUT2D eigenvalue weighted by Crippen LogP contribution is -2.53. The number of ether oxygens (including phenoxy) is 1. The molecule has 40 heavy (non-hydrogen) atoms. The second-order valence-electron chi connectivity index (χ2n) is 11.0. The quantitative estimate of drug-likeness (QED) is 0.472. The molecule has 1 fully saturated rings. The number of aryl methyl sites for hydroxylation is 2. The average Bonchev–Trinajstić information content (AvgIpc) is 2.95. The summed E-state index contributed by atoms with van der Waals surface area (Å²) < 4.78 is 35.3. The Balaban J connectivity index is 1.38. The van der Waals surface area contributed by atoms with Gasteiger partial charge < -0.3 is 19.6 Å². The number of carbonyl (C=O) groups excluding carboxylic acids is 1. The summed E-state index contributed by atoms with van der Waals surface area (Å²) in [5, 5.41) is 11.2. The maximum Gasteiger partial charge on any atom is 0.255 e. The summed E-state index contributed by atoms with van der Waals surface area (Å²) in [5.74, 6) is -0.0139. The Kier molecular flexibility index (Phi) is 7.60. The maximum atomic E-state index is 13.5. The fourth-order valence-corrected chi connectivity index (χ4v) is 6.37. The number of aliphatic hydroxyl groups is 1. The van der Waals surface area contributed by atoms with Crippen molar-refractivity contribution in [1.82, 2.24) is 14.6 Å². The zero-order valence-electron chi connectivity index (χ0n) is 23.3. The molecule has 3 heterocycles. The van der Waals surface area contributed by atoms with Gasteiger partial charge >= 0.3 is 0 Å². The van der Waals surface area contributed by atoms with Gasteiger partial charge in [0.2, 0.25) is 15.9 Å². The summed E-state index contributed by atoms with van der Waals surface area (Å²) >= 11 is 0. The number of hydrogen-bond donors (Lipinski definition) is 2. The Bertz CT molecular complexity index is 1480. The second-order valence-corrected chi connectivity index (χ2v) is 12.7. The monoisotopic (exact) mass is 564 g/mol. The lowest BCUT2D eigenvalue weighted by atomic mass is 9.88. The van der Waals surface area contributed by atoms with E-state index in [4.69, 9.17) is 4.74 Å². The molecule has 2 aliphatic heterocycles. The molecule has 2 atom stereocenters. The highest BCUT2D eigenvalue weighted by Gasteiger charge is 2.45. The number of piperazine rings is 1. The van der Waals surface area contributed by atoms with Gasteiger partial charge in [-0.2, -0.15) is 0 Å². The van der Waals surface area contributed by atoms with Crippen molar-refractivity contribution in [2.75, 3.05) is 31.1 Å². The van der Waals surface area contributed by atoms with Crippen molar-refractivity contribution < 1.29 is 23.1 Å². The van der Waals surface area contributed by atoms with Crippen molar-refractivity contribution in [3.05, 3.63) is 83.0 Å². The zero-order chi connectivity index (χ0) is 28.7. The number of amides is 1. The Morgan fingerprint density at radius 2 is 1.73 bits per heavy atom. The van der Waals surface area contributed by atoms with Crippen molar-refractivity contribution in [3.63, 3.8) is 0 Å². The average molecular weight is 565 g/mol. The molecule has 9 nitrogen and oxygen atoms in total. The van der Waals surface area contributed by atoms with Crippen molar-refractivity contribution in [2.45, 2.75) is 56.8 Å². The maximum absolute atomic E-state index is 13.5. The van der Waals surface area contributed by atoms with Gasteiger partial charge in [0.05, 0.1) is 16.5 Å². The Hall–Kier alpha value is -3.47. The fourth-order valence-electron chi connectivity index (χ4n) is 5.15. The summed E-state index contributed by atoms with van der Waals surface area (Å²) in [7, 11) is -3.99. The number of rotatable bonds is 6. The minimum atomic E-state index is -3.99. The highest BCUT2D eigenvalue weighted by molar-refractivity contribution is 7.89. The van der Waals surface area contributed by atoms with Crippen LogP contribution in [0.25, 0.3) is 0 Å². The summed E-state index contributed by atoms with van der Waals surface area (Å²) in [6.07, 6.45) is 1.02. The zero-order valence-corrected chi connectivity index (χ0v) is 24.1. The molecule has 10 heteroatoms. The third-order valence-electron chi connectivity index (χ3n) is 7.74. The van der Waals surface area contributed by atoms with Crippen LogP contribution in [0.15, 0.2) is 65.7 Å². The number of aliphatic hydroxyl groups excluding tert-OH is 1. The molecule has 2 N–H and O–H groups in total. The number of pyridine rings is 1. The predicted molar refractivity (Wildman–Crippen MR) is 153 cm³/mol. The predicted octanol–water partition coefficient (Wildman–Crippen LogP) is 3.47. The van der Waals surface area contributed by atoms with Gasteiger partial charge in [0, 0.05) is 43.6 Å². The number of hydrogen-bond acceptors (Lipinski definition) is 7. The molecule has 1 saturated heterocycles. The van der Waals surface area contributed by atoms with Crippen LogP contribution < -0.4 is 14.4 Å². The van der Waals surface area contributed by atoms with E-state index < -0.39 is 27.8 Å². The third-order valence-corrected chi connectivity index (χ3v) is 9.20. The molecule has 0 radical (unpaired) electrons. The van der Waals surface area contributed by atoms with Gasteiger partial charge in [-0.05, 0) is 63.1 Å². The van der Waals surface area contributed by atoms with Gasteiger partial charge in [-0.3, -0.25) is 4.79 Å². The first-order valence-corrected chi connectivity index (χ1v) is 15.1. The highest BCUT2D eigenvalue weighted by Crippen LogP contribution is 2.40. The third kappa shape index (κ3) is 5.56. The first-order chi connectivity index (χ1) is 19.0. The molecule has 0 saturated carbocycles. The van der Waals surface area contributed by atoms with Gasteiger partial charge in [-0.15, -0.1) is 0 Å². The van der Waals surface area contributed by atoms with Crippen LogP contribution in [0, 0.1) is 6.92 Å². The molecule has 2 aliphatic rings. The van der Waals surface area contributed by atoms with Crippen LogP contribution in [-0.2, 0) is 16.4 Å². The van der Waals surface area contributed by atoms with E-state index in [1.54, 1.807) is 49.1 Å². The molecule has 212 valence electrons. The number of sulfonamides is 1. The van der Waals surface area contributed by atoms with E-state index in [0.29, 0.717) is 37.3 Å². The lowest BCUT2D eigenvalue weighted by Gasteiger charge is -2.41. The van der Waals surface area contributed by atoms with Crippen molar-refractivity contribution in [2.24, 2.45) is 0 Å². The van der Waals surface area contributed by atoms with E-state index in [0.717, 1.165) is 17.7 Å². The molecular formula is C30H36N4O5S. The number of nitrogens with zero attached hydrogens (tertiary/aromatic N) is 3. The van der Waals surface area contributed by atoms with Crippen molar-refractivity contribution >= 4 is 21.6 Å². The second kappa shape index (κ2) is 10.8. The minimum Gasteiger partial charge on any atom is -0.469 e. The number of carbonyl (C=O) groups is 1.